The Labute approximate surface area is 285 Å². The molecule has 8 rings (SSSR count). The normalized spacial score (nSPS) is 13.6. The number of pyridine rings is 2. The van der Waals surface area contributed by atoms with Crippen LogP contribution in [0.2, 0.25) is 0 Å². The fourth-order valence-electron chi connectivity index (χ4n) is 6.58. The van der Waals surface area contributed by atoms with Crippen LogP contribution < -0.4 is 0 Å². The van der Waals surface area contributed by atoms with E-state index in [0.29, 0.717) is 5.92 Å². The van der Waals surface area contributed by atoms with E-state index in [2.05, 4.69) is 83.6 Å². The van der Waals surface area contributed by atoms with E-state index < -0.39 is 0 Å². The summed E-state index contributed by atoms with van der Waals surface area (Å²) >= 11 is 0. The van der Waals surface area contributed by atoms with E-state index in [-0.39, 0.29) is 20.1 Å². The second-order valence-electron chi connectivity index (χ2n) is 12.0. The Morgan fingerprint density at radius 3 is 2.35 bits per heavy atom. The smallest absolute Gasteiger partial charge is 0.120 e. The summed E-state index contributed by atoms with van der Waals surface area (Å²) in [5.41, 5.74) is 9.87. The molecule has 0 saturated heterocycles. The topological polar surface area (TPSA) is 38.9 Å². The predicted molar refractivity (Wildman–Crippen MR) is 184 cm³/mol. The predicted octanol–water partition coefficient (Wildman–Crippen LogP) is 10.9. The van der Waals surface area contributed by atoms with Gasteiger partial charge >= 0.3 is 0 Å². The third-order valence-corrected chi connectivity index (χ3v) is 8.98. The molecule has 46 heavy (non-hydrogen) atoms. The van der Waals surface area contributed by atoms with Gasteiger partial charge in [-0.2, -0.15) is 0 Å². The average molecular weight is 777 g/mol. The van der Waals surface area contributed by atoms with Gasteiger partial charge in [-0.05, 0) is 53.4 Å². The molecule has 0 bridgehead atoms. The largest absolute Gasteiger partial charge is 0.500 e. The van der Waals surface area contributed by atoms with Crippen LogP contribution in [-0.4, -0.2) is 9.97 Å². The van der Waals surface area contributed by atoms with E-state index in [1.807, 2.05) is 73.1 Å². The zero-order chi connectivity index (χ0) is 30.4. The maximum absolute atomic E-state index is 5.90. The molecule has 1 saturated carbocycles. The molecule has 231 valence electrons. The SMILES string of the molecule is CC(c1ccccc1)c1ccc[c-]c1-c1ccccn1.[Ir].[c-]1cc2oc3ccccc3c2cc1-c1cc(CC2CCCC2)ccn1. The van der Waals surface area contributed by atoms with Crippen molar-refractivity contribution in [1.29, 1.82) is 0 Å². The summed E-state index contributed by atoms with van der Waals surface area (Å²) in [7, 11) is 0. The minimum absolute atomic E-state index is 0. The van der Waals surface area contributed by atoms with E-state index >= 15 is 0 Å². The van der Waals surface area contributed by atoms with Crippen LogP contribution in [-0.2, 0) is 26.5 Å². The maximum atomic E-state index is 5.90. The first-order valence-electron chi connectivity index (χ1n) is 16.0. The number of para-hydroxylation sites is 1. The molecule has 0 N–H and O–H groups in total. The number of nitrogens with zero attached hydrogens (tertiary/aromatic N) is 2. The van der Waals surface area contributed by atoms with Crippen LogP contribution in [0, 0.1) is 18.1 Å². The van der Waals surface area contributed by atoms with E-state index in [9.17, 15) is 0 Å². The van der Waals surface area contributed by atoms with E-state index in [4.69, 9.17) is 4.42 Å². The summed E-state index contributed by atoms with van der Waals surface area (Å²) in [6.07, 6.45) is 10.5. The first kappa shape index (κ1) is 31.6. The summed E-state index contributed by atoms with van der Waals surface area (Å²) in [5.74, 6) is 1.17. The van der Waals surface area contributed by atoms with Crippen molar-refractivity contribution >= 4 is 21.9 Å². The summed E-state index contributed by atoms with van der Waals surface area (Å²) < 4.78 is 5.90. The van der Waals surface area contributed by atoms with E-state index in [1.54, 1.807) is 0 Å². The Balaban J connectivity index is 0.000000162. The van der Waals surface area contributed by atoms with E-state index in [0.717, 1.165) is 50.4 Å². The number of furan rings is 1. The molecule has 1 radical (unpaired) electrons. The van der Waals surface area contributed by atoms with Crippen molar-refractivity contribution in [2.45, 2.75) is 44.9 Å². The Bertz CT molecular complexity index is 2010. The van der Waals surface area contributed by atoms with Gasteiger partial charge in [0.1, 0.15) is 5.58 Å². The zero-order valence-corrected chi connectivity index (χ0v) is 28.3. The Morgan fingerprint density at radius 1 is 0.739 bits per heavy atom. The van der Waals surface area contributed by atoms with Gasteiger partial charge in [0.25, 0.3) is 0 Å². The van der Waals surface area contributed by atoms with Gasteiger partial charge in [-0.25, -0.2) is 0 Å². The number of hydrogen-bond donors (Lipinski definition) is 0. The first-order chi connectivity index (χ1) is 22.2. The quantitative estimate of drug-likeness (QED) is 0.158. The van der Waals surface area contributed by atoms with Crippen molar-refractivity contribution in [2.75, 3.05) is 0 Å². The Morgan fingerprint density at radius 2 is 1.52 bits per heavy atom. The molecule has 7 aromatic rings. The van der Waals surface area contributed by atoms with Gasteiger partial charge in [0, 0.05) is 37.9 Å². The fourth-order valence-corrected chi connectivity index (χ4v) is 6.58. The number of fused-ring (bicyclic) bond motifs is 3. The molecule has 3 nitrogen and oxygen atoms in total. The number of rotatable bonds is 6. The van der Waals surface area contributed by atoms with Crippen LogP contribution >= 0.6 is 0 Å². The molecule has 4 heteroatoms. The standard InChI is InChI=1S/C23H20NO.C19H16N.Ir/c1-2-6-16(5-1)13-17-11-12-24-21(14-17)18-9-10-23-20(15-18)19-7-3-4-8-22(19)25-23;1-15(16-9-3-2-4-10-16)17-11-5-6-12-18(17)19-13-7-8-14-20-19;/h3-4,7-8,10-12,14-16H,1-2,5-6,13H2;2-11,13-15H,1H3;/q2*-1;. The van der Waals surface area contributed by atoms with Crippen LogP contribution in [0.3, 0.4) is 0 Å². The van der Waals surface area contributed by atoms with Crippen molar-refractivity contribution < 1.29 is 24.5 Å². The second-order valence-corrected chi connectivity index (χ2v) is 12.0. The molecular formula is C42H36IrN2O-2. The average Bonchev–Trinajstić information content (AvgIpc) is 3.76. The van der Waals surface area contributed by atoms with Gasteiger partial charge in [0.2, 0.25) is 0 Å². The van der Waals surface area contributed by atoms with Crippen LogP contribution in [0.1, 0.15) is 55.2 Å². The molecule has 0 amide bonds. The van der Waals surface area contributed by atoms with Crippen molar-refractivity contribution in [1.82, 2.24) is 9.97 Å². The second kappa shape index (κ2) is 14.8. The van der Waals surface area contributed by atoms with Crippen molar-refractivity contribution in [3.8, 4) is 22.5 Å². The summed E-state index contributed by atoms with van der Waals surface area (Å²) in [6.45, 7) is 2.23. The Hall–Kier alpha value is -4.37. The molecule has 1 aliphatic rings. The fraction of sp³-hybridized carbons (Fsp3) is 0.190. The Kier molecular flexibility index (Phi) is 10.2. The zero-order valence-electron chi connectivity index (χ0n) is 26.0. The molecule has 1 unspecified atom stereocenters. The van der Waals surface area contributed by atoms with Crippen molar-refractivity contribution in [2.24, 2.45) is 5.92 Å². The molecule has 0 spiro atoms. The molecular weight excluding hydrogens is 741 g/mol. The summed E-state index contributed by atoms with van der Waals surface area (Å²) in [6, 6.07) is 46.0. The molecule has 1 fully saturated rings. The van der Waals surface area contributed by atoms with Gasteiger partial charge in [0.05, 0.1) is 5.58 Å². The summed E-state index contributed by atoms with van der Waals surface area (Å²) in [5, 5.41) is 2.28. The molecule has 0 aliphatic heterocycles. The maximum Gasteiger partial charge on any atom is 0.120 e. The minimum Gasteiger partial charge on any atom is -0.500 e. The molecule has 4 aromatic carbocycles. The first-order valence-corrected chi connectivity index (χ1v) is 16.0. The third-order valence-electron chi connectivity index (χ3n) is 8.98. The molecule has 1 aliphatic carbocycles. The van der Waals surface area contributed by atoms with Gasteiger partial charge < -0.3 is 14.4 Å². The van der Waals surface area contributed by atoms with Crippen molar-refractivity contribution in [3.63, 3.8) is 0 Å². The van der Waals surface area contributed by atoms with Gasteiger partial charge in [-0.1, -0.05) is 110 Å². The number of benzene rings is 4. The monoisotopic (exact) mass is 777 g/mol. The molecule has 3 heterocycles. The molecule has 3 aromatic heterocycles. The molecule has 1 atom stereocenters. The number of aromatic nitrogens is 2. The van der Waals surface area contributed by atoms with Crippen LogP contribution in [0.25, 0.3) is 44.5 Å². The van der Waals surface area contributed by atoms with Crippen LogP contribution in [0.4, 0.5) is 0 Å². The van der Waals surface area contributed by atoms with Gasteiger partial charge in [-0.15, -0.1) is 59.2 Å². The minimum atomic E-state index is 0. The number of hydrogen-bond acceptors (Lipinski definition) is 3. The third kappa shape index (κ3) is 7.04. The van der Waals surface area contributed by atoms with Gasteiger partial charge in [0.15, 0.2) is 0 Å². The van der Waals surface area contributed by atoms with E-state index in [1.165, 1.54) is 48.8 Å². The van der Waals surface area contributed by atoms with Crippen LogP contribution in [0.15, 0.2) is 132 Å². The van der Waals surface area contributed by atoms with Crippen molar-refractivity contribution in [3.05, 3.63) is 156 Å². The van der Waals surface area contributed by atoms with Crippen LogP contribution in [0.5, 0.6) is 0 Å². The summed E-state index contributed by atoms with van der Waals surface area (Å²) in [4.78, 5) is 9.05. The van der Waals surface area contributed by atoms with Gasteiger partial charge in [-0.3, -0.25) is 0 Å².